The van der Waals surface area contributed by atoms with Gasteiger partial charge in [0.25, 0.3) is 0 Å². The minimum absolute atomic E-state index is 0.405. The molecule has 0 aliphatic carbocycles. The standard InChI is InChI=1S/C14H20F2N2O/c1-2-18-5-3-4-11(18)9-17-8-10-6-12(15)14(19)13(16)7-10/h6-7,11,17,19H,2-5,8-9H2,1H3. The molecule has 5 heteroatoms. The van der Waals surface area contributed by atoms with Gasteiger partial charge in [-0.3, -0.25) is 4.90 Å². The highest BCUT2D eigenvalue weighted by molar-refractivity contribution is 5.29. The lowest BCUT2D eigenvalue weighted by Gasteiger charge is -2.23. The Morgan fingerprint density at radius 2 is 2.05 bits per heavy atom. The Morgan fingerprint density at radius 1 is 1.37 bits per heavy atom. The molecule has 0 aromatic heterocycles. The Morgan fingerprint density at radius 3 is 2.68 bits per heavy atom. The van der Waals surface area contributed by atoms with Crippen LogP contribution in [-0.2, 0) is 6.54 Å². The molecule has 1 aliphatic rings. The third-order valence-corrected chi connectivity index (χ3v) is 3.69. The first-order chi connectivity index (χ1) is 9.11. The number of hydrogen-bond acceptors (Lipinski definition) is 3. The van der Waals surface area contributed by atoms with Crippen molar-refractivity contribution in [1.82, 2.24) is 10.2 Å². The van der Waals surface area contributed by atoms with Gasteiger partial charge in [-0.1, -0.05) is 6.92 Å². The molecule has 1 fully saturated rings. The molecule has 0 bridgehead atoms. The van der Waals surface area contributed by atoms with Crippen molar-refractivity contribution in [2.24, 2.45) is 0 Å². The van der Waals surface area contributed by atoms with Crippen molar-refractivity contribution in [2.45, 2.75) is 32.4 Å². The molecule has 1 saturated heterocycles. The van der Waals surface area contributed by atoms with E-state index in [4.69, 9.17) is 5.11 Å². The predicted molar refractivity (Wildman–Crippen MR) is 70.0 cm³/mol. The lowest BCUT2D eigenvalue weighted by Crippen LogP contribution is -2.37. The molecule has 3 nitrogen and oxygen atoms in total. The van der Waals surface area contributed by atoms with E-state index in [1.165, 1.54) is 12.8 Å². The molecule has 1 heterocycles. The second kappa shape index (κ2) is 6.30. The lowest BCUT2D eigenvalue weighted by atomic mass is 10.2. The maximum atomic E-state index is 13.2. The second-order valence-electron chi connectivity index (χ2n) is 4.96. The van der Waals surface area contributed by atoms with Crippen molar-refractivity contribution in [3.63, 3.8) is 0 Å². The van der Waals surface area contributed by atoms with Gasteiger partial charge in [-0.05, 0) is 43.6 Å². The number of halogens is 2. The fraction of sp³-hybridized carbons (Fsp3) is 0.571. The van der Waals surface area contributed by atoms with Gasteiger partial charge < -0.3 is 10.4 Å². The number of benzene rings is 1. The topological polar surface area (TPSA) is 35.5 Å². The first kappa shape index (κ1) is 14.2. The number of aromatic hydroxyl groups is 1. The number of phenolic OH excluding ortho intramolecular Hbond substituents is 1. The Kier molecular flexibility index (Phi) is 4.71. The van der Waals surface area contributed by atoms with Crippen LogP contribution in [0, 0.1) is 11.6 Å². The molecule has 1 aliphatic heterocycles. The van der Waals surface area contributed by atoms with Gasteiger partial charge in [-0.25, -0.2) is 8.78 Å². The van der Waals surface area contributed by atoms with Crippen LogP contribution in [0.1, 0.15) is 25.3 Å². The zero-order chi connectivity index (χ0) is 13.8. The fourth-order valence-corrected chi connectivity index (χ4v) is 2.65. The number of nitrogens with zero attached hydrogens (tertiary/aromatic N) is 1. The second-order valence-corrected chi connectivity index (χ2v) is 4.96. The largest absolute Gasteiger partial charge is 0.503 e. The quantitative estimate of drug-likeness (QED) is 0.861. The minimum Gasteiger partial charge on any atom is -0.503 e. The van der Waals surface area contributed by atoms with E-state index >= 15 is 0 Å². The van der Waals surface area contributed by atoms with Crippen molar-refractivity contribution in [1.29, 1.82) is 0 Å². The van der Waals surface area contributed by atoms with Gasteiger partial charge in [-0.2, -0.15) is 0 Å². The Labute approximate surface area is 112 Å². The number of rotatable bonds is 5. The van der Waals surface area contributed by atoms with E-state index in [9.17, 15) is 8.78 Å². The van der Waals surface area contributed by atoms with Gasteiger partial charge in [0, 0.05) is 19.1 Å². The number of nitrogens with one attached hydrogen (secondary N) is 1. The van der Waals surface area contributed by atoms with Gasteiger partial charge in [0.15, 0.2) is 17.4 Å². The molecule has 1 unspecified atom stereocenters. The summed E-state index contributed by atoms with van der Waals surface area (Å²) >= 11 is 0. The normalized spacial score (nSPS) is 20.1. The van der Waals surface area contributed by atoms with Crippen LogP contribution < -0.4 is 5.32 Å². The smallest absolute Gasteiger partial charge is 0.187 e. The van der Waals surface area contributed by atoms with Gasteiger partial charge >= 0.3 is 0 Å². The SMILES string of the molecule is CCN1CCCC1CNCc1cc(F)c(O)c(F)c1. The monoisotopic (exact) mass is 270 g/mol. The summed E-state index contributed by atoms with van der Waals surface area (Å²) in [5.41, 5.74) is 0.508. The van der Waals surface area contributed by atoms with Crippen LogP contribution in [-0.4, -0.2) is 35.7 Å². The summed E-state index contributed by atoms with van der Waals surface area (Å²) in [7, 11) is 0. The zero-order valence-corrected chi connectivity index (χ0v) is 11.1. The number of likely N-dealkylation sites (tertiary alicyclic amines) is 1. The van der Waals surface area contributed by atoms with Crippen molar-refractivity contribution < 1.29 is 13.9 Å². The van der Waals surface area contributed by atoms with Crippen LogP contribution in [0.15, 0.2) is 12.1 Å². The maximum Gasteiger partial charge on any atom is 0.187 e. The van der Waals surface area contributed by atoms with E-state index in [1.54, 1.807) is 0 Å². The fourth-order valence-electron chi connectivity index (χ4n) is 2.65. The van der Waals surface area contributed by atoms with Crippen LogP contribution in [0.3, 0.4) is 0 Å². The summed E-state index contributed by atoms with van der Waals surface area (Å²) in [5.74, 6) is -2.72. The first-order valence-electron chi connectivity index (χ1n) is 6.73. The minimum atomic E-state index is -0.909. The highest BCUT2D eigenvalue weighted by Crippen LogP contribution is 2.21. The zero-order valence-electron chi connectivity index (χ0n) is 11.1. The van der Waals surface area contributed by atoms with Gasteiger partial charge in [0.05, 0.1) is 0 Å². The molecule has 1 aromatic rings. The highest BCUT2D eigenvalue weighted by atomic mass is 19.1. The summed E-state index contributed by atoms with van der Waals surface area (Å²) in [4.78, 5) is 2.41. The predicted octanol–water partition coefficient (Wildman–Crippen LogP) is 2.24. The van der Waals surface area contributed by atoms with Crippen molar-refractivity contribution in [3.05, 3.63) is 29.3 Å². The first-order valence-corrected chi connectivity index (χ1v) is 6.73. The van der Waals surface area contributed by atoms with Crippen molar-refractivity contribution in [2.75, 3.05) is 19.6 Å². The molecule has 0 saturated carbocycles. The molecular weight excluding hydrogens is 250 g/mol. The van der Waals surface area contributed by atoms with Crippen LogP contribution in [0.2, 0.25) is 0 Å². The number of hydrogen-bond donors (Lipinski definition) is 2. The van der Waals surface area contributed by atoms with E-state index in [-0.39, 0.29) is 0 Å². The van der Waals surface area contributed by atoms with E-state index in [1.807, 2.05) is 0 Å². The summed E-state index contributed by atoms with van der Waals surface area (Å²) in [5, 5.41) is 12.2. The lowest BCUT2D eigenvalue weighted by molar-refractivity contribution is 0.260. The van der Waals surface area contributed by atoms with Crippen molar-refractivity contribution >= 4 is 0 Å². The van der Waals surface area contributed by atoms with Crippen LogP contribution in [0.4, 0.5) is 8.78 Å². The Bertz CT molecular complexity index is 416. The van der Waals surface area contributed by atoms with E-state index in [0.717, 1.165) is 31.8 Å². The molecule has 19 heavy (non-hydrogen) atoms. The van der Waals surface area contributed by atoms with Gasteiger partial charge in [-0.15, -0.1) is 0 Å². The van der Waals surface area contributed by atoms with E-state index < -0.39 is 17.4 Å². The van der Waals surface area contributed by atoms with E-state index in [0.29, 0.717) is 18.2 Å². The van der Waals surface area contributed by atoms with E-state index in [2.05, 4.69) is 17.1 Å². The molecular formula is C14H20F2N2O. The average Bonchev–Trinajstić information content (AvgIpc) is 2.83. The summed E-state index contributed by atoms with van der Waals surface area (Å²) < 4.78 is 26.3. The molecule has 0 radical (unpaired) electrons. The van der Waals surface area contributed by atoms with Crippen molar-refractivity contribution in [3.8, 4) is 5.75 Å². The summed E-state index contributed by atoms with van der Waals surface area (Å²) in [6, 6.07) is 2.84. The van der Waals surface area contributed by atoms with Crippen LogP contribution >= 0.6 is 0 Å². The third kappa shape index (κ3) is 3.42. The Hall–Kier alpha value is -1.20. The molecule has 0 amide bonds. The maximum absolute atomic E-state index is 13.2. The molecule has 2 rings (SSSR count). The molecule has 2 N–H and O–H groups in total. The highest BCUT2D eigenvalue weighted by Gasteiger charge is 2.22. The number of likely N-dealkylation sites (N-methyl/N-ethyl adjacent to an activating group) is 1. The van der Waals surface area contributed by atoms with Gasteiger partial charge in [0.1, 0.15) is 0 Å². The number of phenols is 1. The third-order valence-electron chi connectivity index (χ3n) is 3.69. The summed E-state index contributed by atoms with van der Waals surface area (Å²) in [6.07, 6.45) is 2.38. The summed E-state index contributed by atoms with van der Waals surface area (Å²) in [6.45, 7) is 5.53. The van der Waals surface area contributed by atoms with Gasteiger partial charge in [0.2, 0.25) is 0 Å². The Balaban J connectivity index is 1.86. The molecule has 1 atom stereocenters. The van der Waals surface area contributed by atoms with Crippen LogP contribution in [0.25, 0.3) is 0 Å². The molecule has 0 spiro atoms. The van der Waals surface area contributed by atoms with Crippen LogP contribution in [0.5, 0.6) is 5.75 Å². The molecule has 106 valence electrons. The average molecular weight is 270 g/mol. The molecule has 1 aromatic carbocycles.